The number of rotatable bonds is 5. The van der Waals surface area contributed by atoms with Crippen molar-refractivity contribution < 1.29 is 0 Å². The van der Waals surface area contributed by atoms with E-state index < -0.39 is 0 Å². The van der Waals surface area contributed by atoms with Gasteiger partial charge in [-0.2, -0.15) is 0 Å². The molecule has 0 bridgehead atoms. The summed E-state index contributed by atoms with van der Waals surface area (Å²) in [7, 11) is 0. The normalized spacial score (nSPS) is 19.1. The van der Waals surface area contributed by atoms with E-state index in [-0.39, 0.29) is 0 Å². The fraction of sp³-hybridized carbons (Fsp3) is 0.538. The van der Waals surface area contributed by atoms with Crippen LogP contribution in [0.2, 0.25) is 0 Å². The van der Waals surface area contributed by atoms with E-state index in [1.54, 1.807) is 0 Å². The van der Waals surface area contributed by atoms with E-state index >= 15 is 0 Å². The van der Waals surface area contributed by atoms with E-state index in [1.807, 2.05) is 17.4 Å². The van der Waals surface area contributed by atoms with Gasteiger partial charge in [-0.05, 0) is 40.2 Å². The van der Waals surface area contributed by atoms with Gasteiger partial charge >= 0.3 is 0 Å². The molecule has 17 heavy (non-hydrogen) atoms. The van der Waals surface area contributed by atoms with Crippen LogP contribution in [0.1, 0.15) is 23.8 Å². The molecule has 1 aliphatic heterocycles. The molecular weight excluding hydrogens is 296 g/mol. The van der Waals surface area contributed by atoms with Crippen molar-refractivity contribution in [3.63, 3.8) is 0 Å². The molecule has 1 saturated heterocycles. The highest BCUT2D eigenvalue weighted by Crippen LogP contribution is 2.35. The highest BCUT2D eigenvalue weighted by atomic mass is 79.9. The highest BCUT2D eigenvalue weighted by molar-refractivity contribution is 9.10. The van der Waals surface area contributed by atoms with Gasteiger partial charge in [0, 0.05) is 41.6 Å². The Bertz CT molecular complexity index is 358. The Morgan fingerprint density at radius 3 is 2.88 bits per heavy atom. The highest BCUT2D eigenvalue weighted by Gasteiger charge is 2.23. The van der Waals surface area contributed by atoms with Crippen LogP contribution in [0.3, 0.4) is 0 Å². The first kappa shape index (κ1) is 13.3. The summed E-state index contributed by atoms with van der Waals surface area (Å²) in [6.07, 6.45) is 4.28. The molecule has 0 aromatic carbocycles. The molecule has 0 spiro atoms. The van der Waals surface area contributed by atoms with Gasteiger partial charge in [0.25, 0.3) is 0 Å². The van der Waals surface area contributed by atoms with Crippen molar-refractivity contribution in [2.24, 2.45) is 0 Å². The lowest BCUT2D eigenvalue weighted by Gasteiger charge is -2.34. The topological polar surface area (TPSA) is 15.3 Å². The third-order valence-electron chi connectivity index (χ3n) is 3.18. The second kappa shape index (κ2) is 6.69. The summed E-state index contributed by atoms with van der Waals surface area (Å²) in [5.41, 5.74) is 0. The van der Waals surface area contributed by atoms with Gasteiger partial charge < -0.3 is 5.32 Å². The first-order valence-corrected chi connectivity index (χ1v) is 7.78. The van der Waals surface area contributed by atoms with E-state index in [9.17, 15) is 0 Å². The fourth-order valence-electron chi connectivity index (χ4n) is 2.29. The molecule has 0 radical (unpaired) electrons. The van der Waals surface area contributed by atoms with Crippen molar-refractivity contribution in [2.75, 3.05) is 26.2 Å². The third kappa shape index (κ3) is 3.41. The Labute approximate surface area is 116 Å². The molecule has 2 heterocycles. The predicted octanol–water partition coefficient (Wildman–Crippen LogP) is 3.42. The third-order valence-corrected chi connectivity index (χ3v) is 5.16. The van der Waals surface area contributed by atoms with Crippen LogP contribution < -0.4 is 5.32 Å². The van der Waals surface area contributed by atoms with Crippen LogP contribution in [0, 0.1) is 0 Å². The molecule has 94 valence electrons. The second-order valence-corrected chi connectivity index (χ2v) is 6.10. The Morgan fingerprint density at radius 2 is 2.29 bits per heavy atom. The van der Waals surface area contributed by atoms with Crippen LogP contribution in [-0.2, 0) is 0 Å². The number of piperazine rings is 1. The van der Waals surface area contributed by atoms with Crippen LogP contribution in [-0.4, -0.2) is 31.1 Å². The molecule has 1 aliphatic rings. The van der Waals surface area contributed by atoms with Gasteiger partial charge in [0.2, 0.25) is 0 Å². The Kier molecular flexibility index (Phi) is 5.22. The Balaban J connectivity index is 2.12. The smallest absolute Gasteiger partial charge is 0.0456 e. The van der Waals surface area contributed by atoms with Crippen molar-refractivity contribution in [1.82, 2.24) is 10.2 Å². The number of allylic oxidation sites excluding steroid dienone is 1. The number of halogens is 1. The van der Waals surface area contributed by atoms with Crippen molar-refractivity contribution in [3.8, 4) is 0 Å². The molecule has 1 aromatic rings. The van der Waals surface area contributed by atoms with Gasteiger partial charge in [-0.25, -0.2) is 0 Å². The summed E-state index contributed by atoms with van der Waals surface area (Å²) in [5.74, 6) is 0. The molecule has 1 atom stereocenters. The van der Waals surface area contributed by atoms with E-state index in [1.165, 1.54) is 15.8 Å². The quantitative estimate of drug-likeness (QED) is 0.838. The van der Waals surface area contributed by atoms with Crippen LogP contribution in [0.25, 0.3) is 0 Å². The maximum atomic E-state index is 3.84. The Hall–Kier alpha value is -0.160. The van der Waals surface area contributed by atoms with E-state index in [2.05, 4.69) is 44.2 Å². The van der Waals surface area contributed by atoms with E-state index in [4.69, 9.17) is 0 Å². The molecule has 2 rings (SSSR count). The van der Waals surface area contributed by atoms with Crippen molar-refractivity contribution >= 4 is 27.3 Å². The standard InChI is InChI=1S/C13H19BrN2S/c1-2-3-4-12(13-11(14)5-10-17-13)16-8-6-15-7-9-16/h2,5,10,12,15H,1,3-4,6-9H2/t12-/m1/s1. The number of hydrogen-bond acceptors (Lipinski definition) is 3. The fourth-order valence-corrected chi connectivity index (χ4v) is 4.10. The van der Waals surface area contributed by atoms with Crippen LogP contribution in [0.15, 0.2) is 28.6 Å². The first-order chi connectivity index (χ1) is 8.33. The van der Waals surface area contributed by atoms with E-state index in [0.29, 0.717) is 6.04 Å². The minimum atomic E-state index is 0.546. The van der Waals surface area contributed by atoms with Gasteiger partial charge in [-0.15, -0.1) is 17.9 Å². The molecule has 4 heteroatoms. The average Bonchev–Trinajstić information content (AvgIpc) is 2.78. The summed E-state index contributed by atoms with van der Waals surface area (Å²) in [6.45, 7) is 8.34. The van der Waals surface area contributed by atoms with E-state index in [0.717, 1.165) is 32.6 Å². The molecule has 1 aromatic heterocycles. The zero-order valence-corrected chi connectivity index (χ0v) is 12.4. The Morgan fingerprint density at radius 1 is 1.53 bits per heavy atom. The van der Waals surface area contributed by atoms with Crippen molar-refractivity contribution in [2.45, 2.75) is 18.9 Å². The van der Waals surface area contributed by atoms with Gasteiger partial charge in [0.05, 0.1) is 0 Å². The van der Waals surface area contributed by atoms with Gasteiger partial charge in [-0.1, -0.05) is 6.08 Å². The summed E-state index contributed by atoms with van der Waals surface area (Å²) in [6, 6.07) is 2.70. The lowest BCUT2D eigenvalue weighted by atomic mass is 10.1. The zero-order valence-electron chi connectivity index (χ0n) is 9.99. The SMILES string of the molecule is C=CCC[C@H](c1sccc1Br)N1CCNCC1. The minimum Gasteiger partial charge on any atom is -0.314 e. The van der Waals surface area contributed by atoms with Crippen LogP contribution in [0.4, 0.5) is 0 Å². The molecule has 0 saturated carbocycles. The molecule has 0 aliphatic carbocycles. The molecular formula is C13H19BrN2S. The number of hydrogen-bond donors (Lipinski definition) is 1. The number of nitrogens with one attached hydrogen (secondary N) is 1. The molecule has 1 N–H and O–H groups in total. The predicted molar refractivity (Wildman–Crippen MR) is 78.6 cm³/mol. The summed E-state index contributed by atoms with van der Waals surface area (Å²) < 4.78 is 1.26. The number of nitrogens with zero attached hydrogens (tertiary/aromatic N) is 1. The average molecular weight is 315 g/mol. The van der Waals surface area contributed by atoms with Gasteiger partial charge in [0.15, 0.2) is 0 Å². The summed E-state index contributed by atoms with van der Waals surface area (Å²) in [5, 5.41) is 5.58. The summed E-state index contributed by atoms with van der Waals surface area (Å²) in [4.78, 5) is 4.06. The van der Waals surface area contributed by atoms with Gasteiger partial charge in [0.1, 0.15) is 0 Å². The lowest BCUT2D eigenvalue weighted by Crippen LogP contribution is -2.45. The minimum absolute atomic E-state index is 0.546. The molecule has 0 amide bonds. The summed E-state index contributed by atoms with van der Waals surface area (Å²) >= 11 is 5.53. The van der Waals surface area contributed by atoms with Gasteiger partial charge in [-0.3, -0.25) is 4.90 Å². The maximum Gasteiger partial charge on any atom is 0.0456 e. The second-order valence-electron chi connectivity index (χ2n) is 4.30. The molecule has 0 unspecified atom stereocenters. The molecule has 2 nitrogen and oxygen atoms in total. The van der Waals surface area contributed by atoms with Crippen LogP contribution >= 0.6 is 27.3 Å². The number of thiophene rings is 1. The molecule has 1 fully saturated rings. The van der Waals surface area contributed by atoms with Crippen molar-refractivity contribution in [3.05, 3.63) is 33.5 Å². The monoisotopic (exact) mass is 314 g/mol. The first-order valence-electron chi connectivity index (χ1n) is 6.11. The zero-order chi connectivity index (χ0) is 12.1. The van der Waals surface area contributed by atoms with Crippen molar-refractivity contribution in [1.29, 1.82) is 0 Å². The lowest BCUT2D eigenvalue weighted by molar-refractivity contribution is 0.168. The largest absolute Gasteiger partial charge is 0.314 e. The maximum absolute atomic E-state index is 3.84. The van der Waals surface area contributed by atoms with Crippen LogP contribution in [0.5, 0.6) is 0 Å².